The molecule has 2 aromatic heterocycles. The van der Waals surface area contributed by atoms with Crippen LogP contribution in [-0.4, -0.2) is 48.5 Å². The van der Waals surface area contributed by atoms with Gasteiger partial charge in [-0.1, -0.05) is 17.7 Å². The third-order valence-corrected chi connectivity index (χ3v) is 4.90. The fraction of sp³-hybridized carbons (Fsp3) is 0.368. The number of aryl methyl sites for hydroxylation is 3. The van der Waals surface area contributed by atoms with E-state index in [9.17, 15) is 4.79 Å². The zero-order valence-electron chi connectivity index (χ0n) is 15.7. The van der Waals surface area contributed by atoms with E-state index in [-0.39, 0.29) is 12.5 Å². The van der Waals surface area contributed by atoms with Crippen LogP contribution in [0.5, 0.6) is 5.75 Å². The number of fused-ring (bicyclic) bond motifs is 1. The van der Waals surface area contributed by atoms with Crippen molar-refractivity contribution < 1.29 is 9.53 Å². The zero-order chi connectivity index (χ0) is 19.0. The Bertz CT molecular complexity index is 973. The monoisotopic (exact) mass is 366 g/mol. The van der Waals surface area contributed by atoms with Crippen LogP contribution in [0.4, 0.5) is 0 Å². The molecule has 1 amide bonds. The van der Waals surface area contributed by atoms with E-state index < -0.39 is 0 Å². The van der Waals surface area contributed by atoms with Crippen molar-refractivity contribution in [3.8, 4) is 17.3 Å². The lowest BCUT2D eigenvalue weighted by atomic mass is 10.0. The third-order valence-electron chi connectivity index (χ3n) is 4.90. The second-order valence-corrected chi connectivity index (χ2v) is 6.83. The smallest absolute Gasteiger partial charge is 0.260 e. The molecule has 0 unspecified atom stereocenters. The maximum absolute atomic E-state index is 12.7. The highest BCUT2D eigenvalue weighted by Gasteiger charge is 2.28. The topological polar surface area (TPSA) is 78.1 Å². The van der Waals surface area contributed by atoms with Gasteiger partial charge in [0.2, 0.25) is 0 Å². The van der Waals surface area contributed by atoms with E-state index in [0.29, 0.717) is 24.7 Å². The minimum atomic E-state index is -0.0333. The van der Waals surface area contributed by atoms with Crippen molar-refractivity contribution in [2.24, 2.45) is 14.1 Å². The highest BCUT2D eigenvalue weighted by Crippen LogP contribution is 2.28. The highest BCUT2D eigenvalue weighted by atomic mass is 16.5. The number of aromatic nitrogens is 5. The first-order chi connectivity index (χ1) is 13.0. The lowest BCUT2D eigenvalue weighted by molar-refractivity contribution is -0.134. The summed E-state index contributed by atoms with van der Waals surface area (Å²) in [6.45, 7) is 3.20. The number of hydrogen-bond acceptors (Lipinski definition) is 5. The van der Waals surface area contributed by atoms with Crippen molar-refractivity contribution in [1.29, 1.82) is 0 Å². The Kier molecular flexibility index (Phi) is 4.39. The van der Waals surface area contributed by atoms with Crippen molar-refractivity contribution in [2.75, 3.05) is 13.2 Å². The van der Waals surface area contributed by atoms with E-state index in [1.165, 1.54) is 0 Å². The first kappa shape index (κ1) is 17.3. The Morgan fingerprint density at radius 1 is 1.22 bits per heavy atom. The molecule has 0 bridgehead atoms. The fourth-order valence-electron chi connectivity index (χ4n) is 3.35. The van der Waals surface area contributed by atoms with Gasteiger partial charge in [0.1, 0.15) is 17.8 Å². The van der Waals surface area contributed by atoms with Gasteiger partial charge in [-0.3, -0.25) is 9.48 Å². The molecule has 0 atom stereocenters. The molecule has 0 saturated heterocycles. The van der Waals surface area contributed by atoms with E-state index in [1.54, 1.807) is 6.33 Å². The molecule has 27 heavy (non-hydrogen) atoms. The number of carbonyl (C=O) groups is 1. The Balaban J connectivity index is 1.50. The normalized spacial score (nSPS) is 13.5. The van der Waals surface area contributed by atoms with Crippen LogP contribution in [0.15, 0.2) is 30.6 Å². The van der Waals surface area contributed by atoms with Gasteiger partial charge in [0.25, 0.3) is 5.91 Å². The molecule has 1 aromatic carbocycles. The molecule has 3 aromatic rings. The largest absolute Gasteiger partial charge is 0.484 e. The number of hydrogen-bond donors (Lipinski definition) is 0. The van der Waals surface area contributed by atoms with Crippen molar-refractivity contribution in [3.05, 3.63) is 47.4 Å². The Labute approximate surface area is 157 Å². The van der Waals surface area contributed by atoms with Crippen molar-refractivity contribution in [1.82, 2.24) is 29.4 Å². The summed E-state index contributed by atoms with van der Waals surface area (Å²) in [6, 6.07) is 7.69. The minimum Gasteiger partial charge on any atom is -0.484 e. The first-order valence-electron chi connectivity index (χ1n) is 8.89. The summed E-state index contributed by atoms with van der Waals surface area (Å²) in [7, 11) is 3.81. The van der Waals surface area contributed by atoms with Gasteiger partial charge in [-0.05, 0) is 19.1 Å². The van der Waals surface area contributed by atoms with Crippen LogP contribution in [-0.2, 0) is 31.9 Å². The van der Waals surface area contributed by atoms with Gasteiger partial charge >= 0.3 is 0 Å². The number of nitrogens with zero attached hydrogens (tertiary/aromatic N) is 6. The molecule has 8 nitrogen and oxygen atoms in total. The molecule has 4 rings (SSSR count). The molecule has 3 heterocycles. The lowest BCUT2D eigenvalue weighted by Gasteiger charge is -2.27. The molecule has 8 heteroatoms. The van der Waals surface area contributed by atoms with Gasteiger partial charge in [0, 0.05) is 44.9 Å². The maximum Gasteiger partial charge on any atom is 0.260 e. The van der Waals surface area contributed by atoms with Gasteiger partial charge in [-0.25, -0.2) is 0 Å². The zero-order valence-corrected chi connectivity index (χ0v) is 15.7. The van der Waals surface area contributed by atoms with Crippen molar-refractivity contribution in [3.63, 3.8) is 0 Å². The minimum absolute atomic E-state index is 0.0257. The first-order valence-corrected chi connectivity index (χ1v) is 8.89. The quantitative estimate of drug-likeness (QED) is 0.699. The van der Waals surface area contributed by atoms with Crippen molar-refractivity contribution >= 4 is 5.91 Å². The van der Waals surface area contributed by atoms with E-state index in [0.717, 1.165) is 28.9 Å². The number of ether oxygens (including phenoxy) is 1. The molecule has 0 saturated carbocycles. The summed E-state index contributed by atoms with van der Waals surface area (Å²) in [4.78, 5) is 14.5. The van der Waals surface area contributed by atoms with Crippen LogP contribution in [0.2, 0.25) is 0 Å². The number of benzene rings is 1. The number of amides is 1. The van der Waals surface area contributed by atoms with Gasteiger partial charge in [-0.15, -0.1) is 10.2 Å². The van der Waals surface area contributed by atoms with E-state index >= 15 is 0 Å². The summed E-state index contributed by atoms with van der Waals surface area (Å²) in [5, 5.41) is 12.7. The summed E-state index contributed by atoms with van der Waals surface area (Å²) >= 11 is 0. The van der Waals surface area contributed by atoms with E-state index in [1.807, 2.05) is 59.4 Å². The highest BCUT2D eigenvalue weighted by molar-refractivity contribution is 5.78. The Hall–Kier alpha value is -3.16. The van der Waals surface area contributed by atoms with Crippen LogP contribution < -0.4 is 4.74 Å². The van der Waals surface area contributed by atoms with Gasteiger partial charge in [0.15, 0.2) is 12.4 Å². The molecule has 0 spiro atoms. The van der Waals surface area contributed by atoms with Crippen LogP contribution in [0.1, 0.15) is 16.8 Å². The second kappa shape index (κ2) is 6.86. The third kappa shape index (κ3) is 3.30. The SMILES string of the molecule is Cc1ccc(OCC(=O)N2CCc3c(c(-c4nncn4C)nn3C)C2)cc1. The molecule has 1 aliphatic rings. The molecule has 0 fully saturated rings. The summed E-state index contributed by atoms with van der Waals surface area (Å²) < 4.78 is 9.37. The van der Waals surface area contributed by atoms with Crippen LogP contribution in [0, 0.1) is 6.92 Å². The van der Waals surface area contributed by atoms with Gasteiger partial charge in [0.05, 0.1) is 0 Å². The summed E-state index contributed by atoms with van der Waals surface area (Å²) in [6.07, 6.45) is 2.41. The van der Waals surface area contributed by atoms with E-state index in [4.69, 9.17) is 4.74 Å². The molecular weight excluding hydrogens is 344 g/mol. The molecule has 140 valence electrons. The second-order valence-electron chi connectivity index (χ2n) is 6.83. The average Bonchev–Trinajstić information content (AvgIpc) is 3.23. The Morgan fingerprint density at radius 2 is 2.00 bits per heavy atom. The van der Waals surface area contributed by atoms with Crippen molar-refractivity contribution in [2.45, 2.75) is 19.9 Å². The molecule has 0 N–H and O–H groups in total. The van der Waals surface area contributed by atoms with Gasteiger partial charge in [-0.2, -0.15) is 5.10 Å². The number of carbonyl (C=O) groups excluding carboxylic acids is 1. The standard InChI is InChI=1S/C19H22N6O2/c1-13-4-6-14(7-5-13)27-11-17(26)25-9-8-16-15(10-25)18(22-24(16)3)19-21-20-12-23(19)2/h4-7,12H,8-11H2,1-3H3. The molecule has 0 aliphatic carbocycles. The van der Waals surface area contributed by atoms with Crippen LogP contribution in [0.3, 0.4) is 0 Å². The predicted molar refractivity (Wildman–Crippen MR) is 99.0 cm³/mol. The molecule has 0 radical (unpaired) electrons. The maximum atomic E-state index is 12.7. The molecule has 1 aliphatic heterocycles. The Morgan fingerprint density at radius 3 is 2.70 bits per heavy atom. The van der Waals surface area contributed by atoms with Crippen LogP contribution >= 0.6 is 0 Å². The lowest BCUT2D eigenvalue weighted by Crippen LogP contribution is -2.39. The summed E-state index contributed by atoms with van der Waals surface area (Å²) in [5.41, 5.74) is 4.11. The van der Waals surface area contributed by atoms with Crippen LogP contribution in [0.25, 0.3) is 11.5 Å². The number of rotatable bonds is 4. The van der Waals surface area contributed by atoms with E-state index in [2.05, 4.69) is 15.3 Å². The predicted octanol–water partition coefficient (Wildman–Crippen LogP) is 1.49. The average molecular weight is 366 g/mol. The summed E-state index contributed by atoms with van der Waals surface area (Å²) in [5.74, 6) is 1.37. The van der Waals surface area contributed by atoms with Gasteiger partial charge < -0.3 is 14.2 Å². The fourth-order valence-corrected chi connectivity index (χ4v) is 3.35. The molecular formula is C19H22N6O2.